The summed E-state index contributed by atoms with van der Waals surface area (Å²) >= 11 is 0. The van der Waals surface area contributed by atoms with E-state index in [9.17, 15) is 13.9 Å². The lowest BCUT2D eigenvalue weighted by molar-refractivity contribution is 0.190. The second-order valence-corrected chi connectivity index (χ2v) is 4.19. The molecular weight excluding hydrogens is 264 g/mol. The van der Waals surface area contributed by atoms with Crippen LogP contribution in [0.25, 0.3) is 0 Å². The van der Waals surface area contributed by atoms with Crippen molar-refractivity contribution >= 4 is 0 Å². The first kappa shape index (κ1) is 14.0. The highest BCUT2D eigenvalue weighted by Crippen LogP contribution is 2.32. The third kappa shape index (κ3) is 2.76. The zero-order chi connectivity index (χ0) is 14.7. The van der Waals surface area contributed by atoms with Gasteiger partial charge in [0.1, 0.15) is 11.6 Å². The number of benzene rings is 2. The summed E-state index contributed by atoms with van der Waals surface area (Å²) in [4.78, 5) is 0. The molecule has 0 saturated heterocycles. The van der Waals surface area contributed by atoms with Crippen molar-refractivity contribution in [2.75, 3.05) is 0 Å². The molecule has 0 saturated carbocycles. The summed E-state index contributed by atoms with van der Waals surface area (Å²) < 4.78 is 32.7. The molecule has 0 unspecified atom stereocenters. The van der Waals surface area contributed by atoms with Crippen molar-refractivity contribution in [1.29, 1.82) is 5.26 Å². The van der Waals surface area contributed by atoms with Gasteiger partial charge in [0, 0.05) is 0 Å². The van der Waals surface area contributed by atoms with Crippen molar-refractivity contribution in [3.8, 4) is 17.6 Å². The van der Waals surface area contributed by atoms with Crippen LogP contribution in [0.3, 0.4) is 0 Å². The average molecular weight is 275 g/mol. The van der Waals surface area contributed by atoms with Crippen LogP contribution < -0.4 is 4.74 Å². The Balaban J connectivity index is 2.41. The summed E-state index contributed by atoms with van der Waals surface area (Å²) in [6.07, 6.45) is -1.09. The number of nitriles is 1. The van der Waals surface area contributed by atoms with Gasteiger partial charge in [0.05, 0.1) is 23.3 Å². The molecule has 0 radical (unpaired) electrons. The third-order valence-electron chi connectivity index (χ3n) is 2.71. The quantitative estimate of drug-likeness (QED) is 0.929. The smallest absolute Gasteiger partial charge is 0.167 e. The first-order valence-electron chi connectivity index (χ1n) is 5.87. The summed E-state index contributed by atoms with van der Waals surface area (Å²) in [6.45, 7) is 1.39. The molecule has 2 aromatic carbocycles. The molecule has 0 aromatic heterocycles. The Bertz CT molecular complexity index is 678. The Morgan fingerprint density at radius 3 is 2.50 bits per heavy atom. The van der Waals surface area contributed by atoms with Gasteiger partial charge in [-0.3, -0.25) is 0 Å². The molecule has 0 aliphatic carbocycles. The molecule has 5 heteroatoms. The number of ether oxygens (including phenoxy) is 1. The lowest BCUT2D eigenvalue weighted by Crippen LogP contribution is -2.00. The Morgan fingerprint density at radius 1 is 1.15 bits per heavy atom. The summed E-state index contributed by atoms with van der Waals surface area (Å²) in [5.41, 5.74) is 0.112. The number of halogens is 2. The predicted molar refractivity (Wildman–Crippen MR) is 68.2 cm³/mol. The number of aliphatic hydroxyl groups excluding tert-OH is 1. The van der Waals surface area contributed by atoms with Crippen LogP contribution in [0.2, 0.25) is 0 Å². The Labute approximate surface area is 114 Å². The highest BCUT2D eigenvalue weighted by atomic mass is 19.1. The van der Waals surface area contributed by atoms with Crippen molar-refractivity contribution in [2.45, 2.75) is 13.0 Å². The largest absolute Gasteiger partial charge is 0.454 e. The highest BCUT2D eigenvalue weighted by Gasteiger charge is 2.16. The zero-order valence-corrected chi connectivity index (χ0v) is 10.6. The van der Waals surface area contributed by atoms with E-state index in [4.69, 9.17) is 10.00 Å². The van der Waals surface area contributed by atoms with Crippen LogP contribution in [0.15, 0.2) is 36.4 Å². The van der Waals surface area contributed by atoms with E-state index < -0.39 is 17.7 Å². The fraction of sp³-hybridized carbons (Fsp3) is 0.133. The molecule has 0 aliphatic rings. The lowest BCUT2D eigenvalue weighted by atomic mass is 10.1. The SMILES string of the molecule is C[C@H](O)c1c(F)cccc1Oc1ccc(C#N)cc1F. The molecule has 102 valence electrons. The van der Waals surface area contributed by atoms with Crippen molar-refractivity contribution in [2.24, 2.45) is 0 Å². The number of aliphatic hydroxyl groups is 1. The first-order chi connectivity index (χ1) is 9.52. The maximum absolute atomic E-state index is 13.7. The summed E-state index contributed by atoms with van der Waals surface area (Å²) in [6, 6.07) is 9.52. The molecule has 0 bridgehead atoms. The van der Waals surface area contributed by atoms with Crippen LogP contribution in [0.1, 0.15) is 24.2 Å². The van der Waals surface area contributed by atoms with Gasteiger partial charge in [0.25, 0.3) is 0 Å². The van der Waals surface area contributed by atoms with Gasteiger partial charge < -0.3 is 9.84 Å². The Kier molecular flexibility index (Phi) is 3.97. The fourth-order valence-electron chi connectivity index (χ4n) is 1.78. The van der Waals surface area contributed by atoms with E-state index >= 15 is 0 Å². The van der Waals surface area contributed by atoms with E-state index in [-0.39, 0.29) is 22.6 Å². The van der Waals surface area contributed by atoms with E-state index in [1.54, 1.807) is 6.07 Å². The minimum absolute atomic E-state index is 0.0311. The molecule has 3 nitrogen and oxygen atoms in total. The summed E-state index contributed by atoms with van der Waals surface area (Å²) in [5, 5.41) is 18.2. The monoisotopic (exact) mass is 275 g/mol. The normalized spacial score (nSPS) is 11.8. The van der Waals surface area contributed by atoms with Gasteiger partial charge in [-0.05, 0) is 37.3 Å². The standard InChI is InChI=1S/C15H11F2NO2/c1-9(19)15-11(16)3-2-4-14(15)20-13-6-5-10(8-18)7-12(13)17/h2-7,9,19H,1H3/t9-/m0/s1. The van der Waals surface area contributed by atoms with Crippen molar-refractivity contribution in [3.63, 3.8) is 0 Å². The van der Waals surface area contributed by atoms with Crippen LogP contribution in [-0.4, -0.2) is 5.11 Å². The van der Waals surface area contributed by atoms with Crippen molar-refractivity contribution in [3.05, 3.63) is 59.2 Å². The maximum atomic E-state index is 13.7. The van der Waals surface area contributed by atoms with Crippen molar-refractivity contribution < 1.29 is 18.6 Å². The highest BCUT2D eigenvalue weighted by molar-refractivity contribution is 5.42. The molecule has 0 heterocycles. The van der Waals surface area contributed by atoms with Crippen LogP contribution in [-0.2, 0) is 0 Å². The Morgan fingerprint density at radius 2 is 1.90 bits per heavy atom. The van der Waals surface area contributed by atoms with E-state index in [2.05, 4.69) is 0 Å². The molecule has 2 aromatic rings. The lowest BCUT2D eigenvalue weighted by Gasteiger charge is -2.14. The second kappa shape index (κ2) is 5.68. The van der Waals surface area contributed by atoms with Crippen LogP contribution in [0.5, 0.6) is 11.5 Å². The zero-order valence-electron chi connectivity index (χ0n) is 10.6. The molecule has 1 N–H and O–H groups in total. The van der Waals surface area contributed by atoms with Crippen LogP contribution in [0.4, 0.5) is 8.78 Å². The van der Waals surface area contributed by atoms with Gasteiger partial charge in [-0.15, -0.1) is 0 Å². The van der Waals surface area contributed by atoms with Crippen LogP contribution in [0, 0.1) is 23.0 Å². The maximum Gasteiger partial charge on any atom is 0.167 e. The average Bonchev–Trinajstić information content (AvgIpc) is 2.40. The molecule has 0 aliphatic heterocycles. The third-order valence-corrected chi connectivity index (χ3v) is 2.71. The van der Waals surface area contributed by atoms with E-state index in [0.717, 1.165) is 6.07 Å². The topological polar surface area (TPSA) is 53.2 Å². The van der Waals surface area contributed by atoms with Crippen LogP contribution >= 0.6 is 0 Å². The molecule has 0 spiro atoms. The van der Waals surface area contributed by atoms with E-state index in [1.165, 1.54) is 37.3 Å². The minimum atomic E-state index is -1.09. The molecular formula is C15H11F2NO2. The molecule has 1 atom stereocenters. The van der Waals surface area contributed by atoms with Gasteiger partial charge in [-0.1, -0.05) is 6.07 Å². The number of nitrogens with zero attached hydrogens (tertiary/aromatic N) is 1. The fourth-order valence-corrected chi connectivity index (χ4v) is 1.78. The first-order valence-corrected chi connectivity index (χ1v) is 5.87. The number of hydrogen-bond acceptors (Lipinski definition) is 3. The summed E-state index contributed by atoms with van der Waals surface area (Å²) in [5.74, 6) is -1.48. The van der Waals surface area contributed by atoms with Gasteiger partial charge in [0.2, 0.25) is 0 Å². The number of hydrogen-bond donors (Lipinski definition) is 1. The molecule has 0 fully saturated rings. The van der Waals surface area contributed by atoms with Gasteiger partial charge in [0.15, 0.2) is 11.6 Å². The van der Waals surface area contributed by atoms with Gasteiger partial charge in [-0.2, -0.15) is 5.26 Å². The van der Waals surface area contributed by atoms with E-state index in [1.807, 2.05) is 0 Å². The van der Waals surface area contributed by atoms with E-state index in [0.29, 0.717) is 0 Å². The van der Waals surface area contributed by atoms with Gasteiger partial charge in [-0.25, -0.2) is 8.78 Å². The molecule has 20 heavy (non-hydrogen) atoms. The molecule has 0 amide bonds. The van der Waals surface area contributed by atoms with Gasteiger partial charge >= 0.3 is 0 Å². The van der Waals surface area contributed by atoms with Crippen molar-refractivity contribution in [1.82, 2.24) is 0 Å². The summed E-state index contributed by atoms with van der Waals surface area (Å²) in [7, 11) is 0. The molecule has 2 rings (SSSR count). The second-order valence-electron chi connectivity index (χ2n) is 4.19. The minimum Gasteiger partial charge on any atom is -0.454 e. The number of rotatable bonds is 3. The predicted octanol–water partition coefficient (Wildman–Crippen LogP) is 3.68. The Hall–Kier alpha value is -2.45.